The van der Waals surface area contributed by atoms with E-state index in [1.54, 1.807) is 18.2 Å². The highest BCUT2D eigenvalue weighted by Crippen LogP contribution is 2.34. The van der Waals surface area contributed by atoms with Gasteiger partial charge in [-0.2, -0.15) is 0 Å². The molecule has 11 heteroatoms. The Hall–Kier alpha value is -2.98. The minimum atomic E-state index is -0.423. The van der Waals surface area contributed by atoms with Gasteiger partial charge in [0.2, 0.25) is 0 Å². The molecule has 0 aliphatic carbocycles. The number of benzene rings is 2. The predicted molar refractivity (Wildman–Crippen MR) is 109 cm³/mol. The van der Waals surface area contributed by atoms with Gasteiger partial charge in [0, 0.05) is 49.4 Å². The first-order chi connectivity index (χ1) is 13.4. The van der Waals surface area contributed by atoms with E-state index in [2.05, 4.69) is 9.88 Å². The molecule has 28 heavy (non-hydrogen) atoms. The first kappa shape index (κ1) is 18.4. The van der Waals surface area contributed by atoms with Gasteiger partial charge in [-0.05, 0) is 18.2 Å². The van der Waals surface area contributed by atoms with E-state index in [1.807, 2.05) is 4.90 Å². The molecule has 0 unspecified atom stereocenters. The molecule has 1 fully saturated rings. The van der Waals surface area contributed by atoms with Crippen molar-refractivity contribution in [1.29, 1.82) is 0 Å². The molecule has 0 spiro atoms. The first-order valence-corrected chi connectivity index (χ1v) is 9.60. The number of aromatic nitrogens is 1. The van der Waals surface area contributed by atoms with Crippen LogP contribution in [0.1, 0.15) is 0 Å². The third-order valence-electron chi connectivity index (χ3n) is 4.60. The van der Waals surface area contributed by atoms with Gasteiger partial charge in [0.05, 0.1) is 20.1 Å². The molecule has 3 aromatic rings. The molecular formula is C17H14ClN5O4S. The Morgan fingerprint density at radius 3 is 2.36 bits per heavy atom. The Kier molecular flexibility index (Phi) is 4.73. The van der Waals surface area contributed by atoms with Crippen molar-refractivity contribution in [2.45, 2.75) is 0 Å². The third kappa shape index (κ3) is 3.43. The lowest BCUT2D eigenvalue weighted by molar-refractivity contribution is -0.384. The number of nitro groups is 2. The molecule has 0 bridgehead atoms. The maximum Gasteiger partial charge on any atom is 0.294 e. The summed E-state index contributed by atoms with van der Waals surface area (Å²) in [4.78, 5) is 30.0. The summed E-state index contributed by atoms with van der Waals surface area (Å²) in [6.07, 6.45) is 0. The minimum Gasteiger partial charge on any atom is -0.362 e. The van der Waals surface area contributed by atoms with Crippen LogP contribution in [-0.4, -0.2) is 41.0 Å². The lowest BCUT2D eigenvalue weighted by Gasteiger charge is -2.35. The van der Waals surface area contributed by atoms with Gasteiger partial charge in [0.1, 0.15) is 5.69 Å². The second-order valence-corrected chi connectivity index (χ2v) is 7.72. The van der Waals surface area contributed by atoms with Crippen LogP contribution in [0, 0.1) is 20.2 Å². The van der Waals surface area contributed by atoms with Crippen LogP contribution in [0.15, 0.2) is 36.4 Å². The van der Waals surface area contributed by atoms with Crippen molar-refractivity contribution in [2.24, 2.45) is 0 Å². The number of hydrogen-bond acceptors (Lipinski definition) is 8. The van der Waals surface area contributed by atoms with Gasteiger partial charge in [-0.15, -0.1) is 0 Å². The van der Waals surface area contributed by atoms with Gasteiger partial charge >= 0.3 is 0 Å². The van der Waals surface area contributed by atoms with E-state index in [9.17, 15) is 20.2 Å². The molecule has 0 amide bonds. The van der Waals surface area contributed by atoms with Crippen LogP contribution in [0.5, 0.6) is 0 Å². The average Bonchev–Trinajstić information content (AvgIpc) is 3.11. The Morgan fingerprint density at radius 2 is 1.68 bits per heavy atom. The fraction of sp³-hybridized carbons (Fsp3) is 0.235. The number of nitrogens with zero attached hydrogens (tertiary/aromatic N) is 5. The zero-order chi connectivity index (χ0) is 19.8. The van der Waals surface area contributed by atoms with Gasteiger partial charge in [-0.25, -0.2) is 4.98 Å². The standard InChI is InChI=1S/C17H14ClN5O4S/c18-11-1-4-14(15(9-11)23(26)27)20-5-7-21(8-6-20)17-19-13-3-2-12(22(24)25)10-16(13)28-17/h1-4,9-10H,5-8H2. The van der Waals surface area contributed by atoms with Crippen molar-refractivity contribution in [3.8, 4) is 0 Å². The number of nitro benzene ring substituents is 2. The highest BCUT2D eigenvalue weighted by molar-refractivity contribution is 7.22. The molecule has 0 radical (unpaired) electrons. The van der Waals surface area contributed by atoms with Gasteiger partial charge < -0.3 is 9.80 Å². The Bertz CT molecular complexity index is 1080. The van der Waals surface area contributed by atoms with Crippen LogP contribution < -0.4 is 9.80 Å². The van der Waals surface area contributed by atoms with Crippen molar-refractivity contribution in [3.63, 3.8) is 0 Å². The summed E-state index contributed by atoms with van der Waals surface area (Å²) >= 11 is 7.30. The normalized spacial score (nSPS) is 14.5. The molecule has 0 N–H and O–H groups in total. The molecule has 1 aliphatic rings. The molecule has 1 saturated heterocycles. The quantitative estimate of drug-likeness (QED) is 0.463. The second kappa shape index (κ2) is 7.21. The maximum absolute atomic E-state index is 11.3. The molecule has 0 atom stereocenters. The molecule has 144 valence electrons. The second-order valence-electron chi connectivity index (χ2n) is 6.27. The zero-order valence-corrected chi connectivity index (χ0v) is 16.0. The Labute approximate surface area is 168 Å². The van der Waals surface area contributed by atoms with Crippen molar-refractivity contribution in [2.75, 3.05) is 36.0 Å². The number of hydrogen-bond donors (Lipinski definition) is 0. The molecule has 1 aromatic heterocycles. The number of fused-ring (bicyclic) bond motifs is 1. The van der Waals surface area contributed by atoms with Gasteiger partial charge in [0.25, 0.3) is 11.4 Å². The zero-order valence-electron chi connectivity index (χ0n) is 14.4. The van der Waals surface area contributed by atoms with E-state index >= 15 is 0 Å². The number of non-ortho nitro benzene ring substituents is 1. The van der Waals surface area contributed by atoms with Gasteiger partial charge in [0.15, 0.2) is 5.13 Å². The van der Waals surface area contributed by atoms with Gasteiger partial charge in [-0.1, -0.05) is 22.9 Å². The summed E-state index contributed by atoms with van der Waals surface area (Å²) in [5, 5.41) is 23.4. The maximum atomic E-state index is 11.3. The summed E-state index contributed by atoms with van der Waals surface area (Å²) in [5.74, 6) is 0. The number of halogens is 1. The molecule has 2 aromatic carbocycles. The molecule has 4 rings (SSSR count). The lowest BCUT2D eigenvalue weighted by atomic mass is 10.2. The summed E-state index contributed by atoms with van der Waals surface area (Å²) in [7, 11) is 0. The van der Waals surface area contributed by atoms with E-state index in [4.69, 9.17) is 11.6 Å². The molecule has 2 heterocycles. The fourth-order valence-corrected chi connectivity index (χ4v) is 4.42. The third-order valence-corrected chi connectivity index (χ3v) is 5.91. The van der Waals surface area contributed by atoms with Crippen molar-refractivity contribution < 1.29 is 9.85 Å². The SMILES string of the molecule is O=[N+]([O-])c1ccc2nc(N3CCN(c4ccc(Cl)cc4[N+](=O)[O-])CC3)sc2c1. The minimum absolute atomic E-state index is 0.00625. The topological polar surface area (TPSA) is 106 Å². The number of thiazole rings is 1. The summed E-state index contributed by atoms with van der Waals surface area (Å²) in [6.45, 7) is 2.47. The summed E-state index contributed by atoms with van der Waals surface area (Å²) < 4.78 is 0.764. The predicted octanol–water partition coefficient (Wildman–Crippen LogP) is 4.09. The average molecular weight is 420 g/mol. The van der Waals surface area contributed by atoms with Crippen LogP contribution in [0.4, 0.5) is 22.2 Å². The van der Waals surface area contributed by atoms with Crippen LogP contribution in [0.3, 0.4) is 0 Å². The van der Waals surface area contributed by atoms with Crippen LogP contribution in [0.2, 0.25) is 5.02 Å². The van der Waals surface area contributed by atoms with E-state index in [1.165, 1.54) is 29.5 Å². The lowest BCUT2D eigenvalue weighted by Crippen LogP contribution is -2.46. The molecule has 9 nitrogen and oxygen atoms in total. The van der Waals surface area contributed by atoms with E-state index in [0.29, 0.717) is 36.9 Å². The highest BCUT2D eigenvalue weighted by Gasteiger charge is 2.25. The summed E-state index contributed by atoms with van der Waals surface area (Å²) in [6, 6.07) is 9.32. The molecular weight excluding hydrogens is 406 g/mol. The molecule has 1 aliphatic heterocycles. The largest absolute Gasteiger partial charge is 0.362 e. The van der Waals surface area contributed by atoms with Crippen molar-refractivity contribution in [3.05, 3.63) is 61.6 Å². The Morgan fingerprint density at radius 1 is 0.964 bits per heavy atom. The fourth-order valence-electron chi connectivity index (χ4n) is 3.20. The van der Waals surface area contributed by atoms with Crippen LogP contribution >= 0.6 is 22.9 Å². The Balaban J connectivity index is 1.52. The van der Waals surface area contributed by atoms with Crippen LogP contribution in [0.25, 0.3) is 10.2 Å². The van der Waals surface area contributed by atoms with E-state index in [-0.39, 0.29) is 11.4 Å². The van der Waals surface area contributed by atoms with E-state index in [0.717, 1.165) is 15.3 Å². The molecule has 0 saturated carbocycles. The monoisotopic (exact) mass is 419 g/mol. The smallest absolute Gasteiger partial charge is 0.294 e. The number of piperazine rings is 1. The summed E-state index contributed by atoms with van der Waals surface area (Å²) in [5.41, 5.74) is 1.31. The van der Waals surface area contributed by atoms with E-state index < -0.39 is 9.85 Å². The van der Waals surface area contributed by atoms with Gasteiger partial charge in [-0.3, -0.25) is 20.2 Å². The number of anilines is 2. The van der Waals surface area contributed by atoms with Crippen LogP contribution in [-0.2, 0) is 0 Å². The first-order valence-electron chi connectivity index (χ1n) is 8.41. The highest BCUT2D eigenvalue weighted by atomic mass is 35.5. The number of rotatable bonds is 4. The van der Waals surface area contributed by atoms with Crippen molar-refractivity contribution >= 4 is 55.3 Å². The van der Waals surface area contributed by atoms with Crippen molar-refractivity contribution in [1.82, 2.24) is 4.98 Å².